The van der Waals surface area contributed by atoms with Crippen molar-refractivity contribution in [2.24, 2.45) is 34.5 Å². The molecule has 39 heavy (non-hydrogen) atoms. The Hall–Kier alpha value is -1.11. The van der Waals surface area contributed by atoms with Crippen molar-refractivity contribution in [3.8, 4) is 0 Å². The van der Waals surface area contributed by atoms with Crippen LogP contribution in [0.3, 0.4) is 0 Å². The van der Waals surface area contributed by atoms with Crippen LogP contribution >= 0.6 is 0 Å². The first-order chi connectivity index (χ1) is 18.6. The van der Waals surface area contributed by atoms with Crippen molar-refractivity contribution in [1.29, 1.82) is 0 Å². The number of hydrogen-bond acceptors (Lipinski definition) is 10. The van der Waals surface area contributed by atoms with Crippen LogP contribution in [-0.2, 0) is 19.0 Å². The minimum absolute atomic E-state index is 0.0509. The molecule has 0 unspecified atom stereocenters. The Labute approximate surface area is 229 Å². The smallest absolute Gasteiger partial charge is 0.331 e. The summed E-state index contributed by atoms with van der Waals surface area (Å²) in [6.45, 7) is 2.06. The van der Waals surface area contributed by atoms with Gasteiger partial charge in [-0.3, -0.25) is 0 Å². The second kappa shape index (κ2) is 10.0. The quantitative estimate of drug-likeness (QED) is 0.208. The number of aliphatic hydroxyl groups is 6. The Balaban J connectivity index is 1.18. The molecule has 0 aromatic rings. The van der Waals surface area contributed by atoms with Gasteiger partial charge in [-0.2, -0.15) is 0 Å². The number of rotatable bonds is 5. The highest BCUT2D eigenvalue weighted by molar-refractivity contribution is 5.85. The minimum Gasteiger partial charge on any atom is -0.458 e. The Morgan fingerprint density at radius 2 is 1.77 bits per heavy atom. The van der Waals surface area contributed by atoms with Gasteiger partial charge in [-0.15, -0.1) is 0 Å². The molecular weight excluding hydrogens is 508 g/mol. The van der Waals surface area contributed by atoms with Crippen molar-refractivity contribution in [1.82, 2.24) is 0 Å². The number of aliphatic hydroxyl groups excluding tert-OH is 5. The van der Waals surface area contributed by atoms with Crippen LogP contribution in [0.25, 0.3) is 0 Å². The largest absolute Gasteiger partial charge is 0.458 e. The highest BCUT2D eigenvalue weighted by Crippen LogP contribution is 2.70. The summed E-state index contributed by atoms with van der Waals surface area (Å²) in [5, 5.41) is 63.5. The number of carbonyl (C=O) groups excluding carboxylic acids is 1. The molecule has 10 nitrogen and oxygen atoms in total. The molecule has 220 valence electrons. The third-order valence-electron chi connectivity index (χ3n) is 12.1. The van der Waals surface area contributed by atoms with E-state index in [9.17, 15) is 35.4 Å². The number of carbonyl (C=O) groups is 1. The van der Waals surface area contributed by atoms with Gasteiger partial charge in [0.2, 0.25) is 0 Å². The van der Waals surface area contributed by atoms with Gasteiger partial charge in [0.15, 0.2) is 6.29 Å². The molecule has 2 heterocycles. The Morgan fingerprint density at radius 3 is 2.46 bits per heavy atom. The fraction of sp³-hybridized carbons (Fsp3) is 0.897. The third kappa shape index (κ3) is 4.08. The molecule has 0 radical (unpaired) electrons. The Bertz CT molecular complexity index is 985. The zero-order chi connectivity index (χ0) is 27.7. The molecule has 0 aromatic carbocycles. The van der Waals surface area contributed by atoms with E-state index in [2.05, 4.69) is 6.92 Å². The van der Waals surface area contributed by atoms with Gasteiger partial charge in [0.05, 0.1) is 18.3 Å². The fourth-order valence-electron chi connectivity index (χ4n) is 9.97. The number of fused-ring (bicyclic) bond motifs is 5. The molecule has 6 aliphatic rings. The molecule has 5 fully saturated rings. The van der Waals surface area contributed by atoms with E-state index in [1.54, 1.807) is 6.08 Å². The third-order valence-corrected chi connectivity index (χ3v) is 12.1. The Kier molecular flexibility index (Phi) is 7.20. The van der Waals surface area contributed by atoms with Gasteiger partial charge >= 0.3 is 5.97 Å². The zero-order valence-corrected chi connectivity index (χ0v) is 22.7. The average Bonchev–Trinajstić information content (AvgIpc) is 3.48. The summed E-state index contributed by atoms with van der Waals surface area (Å²) in [7, 11) is 0. The maximum absolute atomic E-state index is 12.4. The van der Waals surface area contributed by atoms with Gasteiger partial charge < -0.3 is 44.8 Å². The van der Waals surface area contributed by atoms with Crippen LogP contribution < -0.4 is 0 Å². The van der Waals surface area contributed by atoms with E-state index >= 15 is 0 Å². The van der Waals surface area contributed by atoms with Gasteiger partial charge in [0.1, 0.15) is 31.0 Å². The first-order valence-electron chi connectivity index (χ1n) is 14.7. The summed E-state index contributed by atoms with van der Waals surface area (Å²) in [5.74, 6) is 0.273. The van der Waals surface area contributed by atoms with Crippen LogP contribution in [0.1, 0.15) is 64.7 Å². The van der Waals surface area contributed by atoms with Gasteiger partial charge in [-0.25, -0.2) is 4.79 Å². The molecule has 0 bridgehead atoms. The van der Waals surface area contributed by atoms with E-state index in [1.807, 2.05) is 0 Å². The van der Waals surface area contributed by atoms with Crippen molar-refractivity contribution < 1.29 is 49.6 Å². The van der Waals surface area contributed by atoms with Gasteiger partial charge in [-0.1, -0.05) is 6.92 Å². The number of cyclic esters (lactones) is 1. The summed E-state index contributed by atoms with van der Waals surface area (Å²) in [4.78, 5) is 11.8. The summed E-state index contributed by atoms with van der Waals surface area (Å²) < 4.78 is 16.9. The molecular formula is C29H44O10. The molecule has 4 aliphatic carbocycles. The highest BCUT2D eigenvalue weighted by Gasteiger charge is 2.68. The lowest BCUT2D eigenvalue weighted by atomic mass is 9.43. The maximum atomic E-state index is 12.4. The van der Waals surface area contributed by atoms with E-state index < -0.39 is 42.9 Å². The number of ether oxygens (including phenoxy) is 3. The van der Waals surface area contributed by atoms with Crippen LogP contribution in [0.15, 0.2) is 11.6 Å². The first-order valence-corrected chi connectivity index (χ1v) is 14.7. The second-order valence-corrected chi connectivity index (χ2v) is 13.4. The average molecular weight is 553 g/mol. The topological polar surface area (TPSA) is 166 Å². The molecule has 0 spiro atoms. The van der Waals surface area contributed by atoms with Crippen LogP contribution in [0.2, 0.25) is 0 Å². The number of esters is 1. The molecule has 1 saturated heterocycles. The van der Waals surface area contributed by atoms with Crippen molar-refractivity contribution >= 4 is 5.97 Å². The molecule has 6 rings (SSSR count). The van der Waals surface area contributed by atoms with E-state index in [0.717, 1.165) is 44.1 Å². The SMILES string of the molecule is C[C@]12CC[C@H]3[C@@H](CC[C@@H]4C[C@H](O[C@@H]5O[C@H](CO)[C@@H](O)[C@@H](O)[C@H]5O)CC[C@@]43CO)[C@@]1(O)CC[C@@H]2C1=CC(=O)OC1. The molecule has 0 aromatic heterocycles. The first kappa shape index (κ1) is 28.0. The fourth-order valence-corrected chi connectivity index (χ4v) is 9.97. The summed E-state index contributed by atoms with van der Waals surface area (Å²) >= 11 is 0. The lowest BCUT2D eigenvalue weighted by Gasteiger charge is -2.64. The lowest BCUT2D eigenvalue weighted by Crippen LogP contribution is -2.64. The lowest BCUT2D eigenvalue weighted by molar-refractivity contribution is -0.317. The highest BCUT2D eigenvalue weighted by atomic mass is 16.7. The normalized spacial score (nSPS) is 53.4. The monoisotopic (exact) mass is 552 g/mol. The van der Waals surface area contributed by atoms with E-state index in [1.165, 1.54) is 0 Å². The van der Waals surface area contributed by atoms with E-state index in [-0.39, 0.29) is 53.2 Å². The van der Waals surface area contributed by atoms with E-state index in [0.29, 0.717) is 25.9 Å². The van der Waals surface area contributed by atoms with Gasteiger partial charge in [-0.05, 0) is 92.4 Å². The van der Waals surface area contributed by atoms with Crippen molar-refractivity contribution in [2.45, 2.75) is 107 Å². The van der Waals surface area contributed by atoms with Gasteiger partial charge in [0, 0.05) is 18.1 Å². The van der Waals surface area contributed by atoms with Crippen molar-refractivity contribution in [3.05, 3.63) is 11.6 Å². The second-order valence-electron chi connectivity index (χ2n) is 13.4. The van der Waals surface area contributed by atoms with Crippen LogP contribution in [-0.4, -0.2) is 98.8 Å². The van der Waals surface area contributed by atoms with Crippen LogP contribution in [0.4, 0.5) is 0 Å². The standard InChI is InChI=1S/C29H44O10/c1-27-7-5-19-20(29(27,36)9-6-18(27)15-10-22(32)37-13-15)3-2-16-11-17(4-8-28(16,19)14-31)38-26-25(35)24(34)23(33)21(12-30)39-26/h10,16-21,23-26,30-31,33-36H,2-9,11-14H2,1H3/t16-,17-,18-,19+,20-,21-,23-,24-,25-,26-,27-,28-,29+/m1/s1. The molecule has 0 amide bonds. The molecule has 6 N–H and O–H groups in total. The summed E-state index contributed by atoms with van der Waals surface area (Å²) in [6, 6.07) is 0. The van der Waals surface area contributed by atoms with Crippen molar-refractivity contribution in [2.75, 3.05) is 19.8 Å². The minimum atomic E-state index is -1.48. The van der Waals surface area contributed by atoms with Crippen LogP contribution in [0, 0.1) is 34.5 Å². The van der Waals surface area contributed by atoms with Crippen LogP contribution in [0.5, 0.6) is 0 Å². The maximum Gasteiger partial charge on any atom is 0.331 e. The summed E-state index contributed by atoms with van der Waals surface area (Å²) in [5.41, 5.74) is -0.502. The van der Waals surface area contributed by atoms with E-state index in [4.69, 9.17) is 14.2 Å². The molecule has 13 atom stereocenters. The van der Waals surface area contributed by atoms with Crippen molar-refractivity contribution in [3.63, 3.8) is 0 Å². The zero-order valence-electron chi connectivity index (χ0n) is 22.7. The number of hydrogen-bond donors (Lipinski definition) is 6. The predicted octanol–water partition coefficient (Wildman–Crippen LogP) is 0.401. The Morgan fingerprint density at radius 1 is 0.974 bits per heavy atom. The molecule has 2 aliphatic heterocycles. The molecule has 4 saturated carbocycles. The predicted molar refractivity (Wildman–Crippen MR) is 136 cm³/mol. The summed E-state index contributed by atoms with van der Waals surface area (Å²) in [6.07, 6.45) is 1.88. The van der Waals surface area contributed by atoms with Gasteiger partial charge in [0.25, 0.3) is 0 Å². The molecule has 10 heteroatoms.